The molecule has 0 aromatic heterocycles. The van der Waals surface area contributed by atoms with Crippen LogP contribution in [0.1, 0.15) is 46.9 Å². The number of carbonyl (C=O) groups is 2. The first-order valence-electron chi connectivity index (χ1n) is 18.9. The van der Waals surface area contributed by atoms with E-state index in [1.807, 2.05) is 42.5 Å². The van der Waals surface area contributed by atoms with Crippen LogP contribution in [0.2, 0.25) is 0 Å². The third kappa shape index (κ3) is 16.6. The van der Waals surface area contributed by atoms with Crippen molar-refractivity contribution in [2.75, 3.05) is 27.0 Å². The summed E-state index contributed by atoms with van der Waals surface area (Å²) in [5.41, 5.74) is 1.04. The predicted molar refractivity (Wildman–Crippen MR) is 268 cm³/mol. The zero-order valence-corrected chi connectivity index (χ0v) is 43.3. The Morgan fingerprint density at radius 3 is 1.05 bits per heavy atom. The number of ether oxygens (including phenoxy) is 2. The van der Waals surface area contributed by atoms with E-state index in [0.29, 0.717) is 11.1 Å². The summed E-state index contributed by atoms with van der Waals surface area (Å²) in [5, 5.41) is 7.92. The van der Waals surface area contributed by atoms with Crippen molar-refractivity contribution in [3.63, 3.8) is 0 Å². The molecule has 0 saturated heterocycles. The van der Waals surface area contributed by atoms with Gasteiger partial charge in [0, 0.05) is 0 Å². The normalized spacial score (nSPS) is 11.7. The van der Waals surface area contributed by atoms with Gasteiger partial charge in [0.05, 0.1) is 43.6 Å². The van der Waals surface area contributed by atoms with E-state index in [4.69, 9.17) is 81.7 Å². The summed E-state index contributed by atoms with van der Waals surface area (Å²) in [6.07, 6.45) is 4.46. The van der Waals surface area contributed by atoms with Gasteiger partial charge in [0.25, 0.3) is 0 Å². The van der Waals surface area contributed by atoms with Gasteiger partial charge in [-0.15, -0.1) is 11.6 Å². The molecule has 0 fully saturated rings. The quantitative estimate of drug-likeness (QED) is 0.0500. The monoisotopic (exact) mass is 1110 g/mol. The molecule has 0 amide bonds. The van der Waals surface area contributed by atoms with Gasteiger partial charge >= 0.3 is 94.9 Å². The molecule has 0 spiro atoms. The maximum atomic E-state index is 11.8. The number of carbonyl (C=O) groups excluding carboxylic acids is 2. The number of rotatable bonds is 13. The molecule has 342 valence electrons. The van der Waals surface area contributed by atoms with E-state index >= 15 is 0 Å². The molecule has 1 unspecified atom stereocenters. The van der Waals surface area contributed by atoms with Crippen LogP contribution in [0.5, 0.6) is 0 Å². The van der Waals surface area contributed by atoms with Crippen LogP contribution in [0.4, 0.5) is 0 Å². The van der Waals surface area contributed by atoms with E-state index in [-0.39, 0.29) is 17.3 Å². The first-order chi connectivity index (χ1) is 29.7. The Morgan fingerprint density at radius 1 is 0.500 bits per heavy atom. The number of alkyl halides is 1. The van der Waals surface area contributed by atoms with Crippen molar-refractivity contribution in [3.8, 4) is 0 Å². The number of methoxy groups -OCH3 is 2. The number of benzene rings is 6. The number of unbranched alkanes of at least 4 members (excludes halogenated alkanes) is 1. The van der Waals surface area contributed by atoms with Crippen molar-refractivity contribution in [1.82, 2.24) is 0 Å². The van der Waals surface area contributed by atoms with Crippen molar-refractivity contribution in [2.24, 2.45) is 0 Å². The van der Waals surface area contributed by atoms with Crippen molar-refractivity contribution in [3.05, 3.63) is 181 Å². The zero-order valence-electron chi connectivity index (χ0n) is 34.3. The third-order valence-corrected chi connectivity index (χ3v) is 18.9. The van der Waals surface area contributed by atoms with Crippen LogP contribution < -0.4 is 31.8 Å². The van der Waals surface area contributed by atoms with Gasteiger partial charge in [0.2, 0.25) is 0 Å². The Kier molecular flexibility index (Phi) is 25.5. The first-order valence-corrected chi connectivity index (χ1v) is 31.4. The Bertz CT molecular complexity index is 2010. The molecule has 4 nitrogen and oxygen atoms in total. The summed E-state index contributed by atoms with van der Waals surface area (Å²) >= 11 is 5.13. The minimum atomic E-state index is -1.95. The summed E-state index contributed by atoms with van der Waals surface area (Å²) in [7, 11) is 28.0. The van der Waals surface area contributed by atoms with Crippen LogP contribution in [-0.4, -0.2) is 44.4 Å². The molecule has 62 heavy (non-hydrogen) atoms. The molecule has 6 rings (SSSR count). The van der Waals surface area contributed by atoms with Gasteiger partial charge in [0.1, 0.15) is 46.4 Å². The number of esters is 2. The fourth-order valence-corrected chi connectivity index (χ4v) is 15.1. The molecule has 0 radical (unpaired) electrons. The molecule has 15 heteroatoms. The standard InChI is InChI=1S/C24H27ClP.C23H22O4P.6ClH.2Cu/c1-2-3-13-21(25)20-26(22-14-7-4-8-15-22,23-16-9-5-10-17-23)24-18-11-6-12-19-24;1-26-22(24)17-9-13-20(14-10-17)28(3,19-7-5-4-6-8-19)21-15-11-18(12-16-21)23(25)27-2;;;;;;;;/h4-12,14-19,21H,2-3,13,20H2,1H3;4-16H,1-3H3;6*1H;;/q2*+1;;;;;;;2*+2/p-6. The maximum absolute atomic E-state index is 11.8. The van der Waals surface area contributed by atoms with Gasteiger partial charge in [-0.25, -0.2) is 9.59 Å². The summed E-state index contributed by atoms with van der Waals surface area (Å²) < 4.78 is 9.61. The molecule has 0 aliphatic rings. The van der Waals surface area contributed by atoms with Gasteiger partial charge in [0.15, 0.2) is 0 Å². The van der Waals surface area contributed by atoms with Crippen molar-refractivity contribution in [1.29, 1.82) is 0 Å². The molecule has 1 atom stereocenters. The fraction of sp³-hybridized carbons (Fsp3) is 0.191. The van der Waals surface area contributed by atoms with Gasteiger partial charge in [-0.2, -0.15) is 0 Å². The Balaban J connectivity index is 0.000000282. The number of hydrogen-bond donors (Lipinski definition) is 0. The van der Waals surface area contributed by atoms with Crippen LogP contribution in [0.3, 0.4) is 0 Å². The van der Waals surface area contributed by atoms with Crippen LogP contribution in [-0.2, 0) is 31.8 Å². The Hall–Kier alpha value is -1.81. The Morgan fingerprint density at radius 2 is 0.774 bits per heavy atom. The summed E-state index contributed by atoms with van der Waals surface area (Å²) in [4.78, 5) is 23.6. The van der Waals surface area contributed by atoms with Gasteiger partial charge in [-0.05, 0) is 103 Å². The van der Waals surface area contributed by atoms with Crippen LogP contribution in [0.15, 0.2) is 170 Å². The summed E-state index contributed by atoms with van der Waals surface area (Å²) in [6.45, 7) is 4.47. The molecule has 6 aromatic carbocycles. The van der Waals surface area contributed by atoms with E-state index in [0.717, 1.165) is 23.2 Å². The van der Waals surface area contributed by atoms with E-state index in [2.05, 4.69) is 117 Å². The predicted octanol–water partition coefficient (Wildman–Crippen LogP) is 13.1. The van der Waals surface area contributed by atoms with E-state index in [1.165, 1.54) is 48.3 Å². The summed E-state index contributed by atoms with van der Waals surface area (Å²) in [5.74, 6) is -0.706. The summed E-state index contributed by atoms with van der Waals surface area (Å²) in [6, 6.07) is 58.4. The van der Waals surface area contributed by atoms with Crippen molar-refractivity contribution in [2.45, 2.75) is 31.6 Å². The first kappa shape index (κ1) is 54.5. The van der Waals surface area contributed by atoms with Gasteiger partial charge < -0.3 is 9.47 Å². The zero-order chi connectivity index (χ0) is 45.5. The Labute approximate surface area is 407 Å². The molecule has 0 aliphatic heterocycles. The average Bonchev–Trinajstić information content (AvgIpc) is 3.30. The topological polar surface area (TPSA) is 52.6 Å². The SMILES string of the molecule is CCCCC(Cl)C[P+](c1ccccc1)(c1ccccc1)c1ccccc1.COC(=O)c1ccc([P+](C)(c2ccccc2)c2ccc(C(=O)OC)cc2)cc1.[Cl][Cu-]([Cl])[Cl].[Cl][Cu-]([Cl])[Cl]. The van der Waals surface area contributed by atoms with Crippen molar-refractivity contribution >= 4 is 130 Å². The average molecular weight is 1120 g/mol. The second-order valence-corrected chi connectivity index (χ2v) is 30.5. The van der Waals surface area contributed by atoms with E-state index in [9.17, 15) is 9.59 Å². The molecule has 0 bridgehead atoms. The molecule has 0 N–H and O–H groups in total. The second-order valence-electron chi connectivity index (χ2n) is 13.4. The molecule has 0 aliphatic carbocycles. The number of hydrogen-bond acceptors (Lipinski definition) is 4. The van der Waals surface area contributed by atoms with E-state index in [1.54, 1.807) is 24.3 Å². The van der Waals surface area contributed by atoms with Crippen molar-refractivity contribution < 1.29 is 41.4 Å². The molecular formula is C47H49Cl7Cu2O4P2. The molecular weight excluding hydrogens is 1070 g/mol. The van der Waals surface area contributed by atoms with E-state index < -0.39 is 36.9 Å². The van der Waals surface area contributed by atoms with Crippen LogP contribution in [0.25, 0.3) is 0 Å². The third-order valence-electron chi connectivity index (χ3n) is 9.82. The van der Waals surface area contributed by atoms with Gasteiger partial charge in [-0.3, -0.25) is 0 Å². The minimum absolute atomic E-state index is 0.184. The second kappa shape index (κ2) is 29.0. The van der Waals surface area contributed by atoms with Crippen LogP contribution >= 0.6 is 86.7 Å². The molecule has 6 aromatic rings. The number of halogens is 7. The van der Waals surface area contributed by atoms with Crippen LogP contribution in [0, 0.1) is 0 Å². The molecule has 0 saturated carbocycles. The molecule has 0 heterocycles. The fourth-order valence-electron chi connectivity index (χ4n) is 6.83. The van der Waals surface area contributed by atoms with Gasteiger partial charge in [-0.1, -0.05) is 92.6 Å².